The zero-order valence-corrected chi connectivity index (χ0v) is 23.1. The lowest BCUT2D eigenvalue weighted by Crippen LogP contribution is -2.43. The number of likely N-dealkylation sites (N-methyl/N-ethyl adjacent to an activating group) is 1. The Bertz CT molecular complexity index is 1430. The molecule has 3 aromatic rings. The predicted octanol–water partition coefficient (Wildman–Crippen LogP) is 2.27. The largest absolute Gasteiger partial charge is 0.462 e. The van der Waals surface area contributed by atoms with E-state index in [9.17, 15) is 19.2 Å². The summed E-state index contributed by atoms with van der Waals surface area (Å²) in [6, 6.07) is 14.0. The summed E-state index contributed by atoms with van der Waals surface area (Å²) < 4.78 is 11.8. The van der Waals surface area contributed by atoms with Gasteiger partial charge in [0.15, 0.2) is 12.2 Å². The minimum absolute atomic E-state index is 0.0532. The highest BCUT2D eigenvalue weighted by Crippen LogP contribution is 2.25. The van der Waals surface area contributed by atoms with Crippen molar-refractivity contribution in [2.24, 2.45) is 7.05 Å². The topological polar surface area (TPSA) is 138 Å². The molecule has 1 aliphatic heterocycles. The predicted molar refractivity (Wildman–Crippen MR) is 147 cm³/mol. The van der Waals surface area contributed by atoms with Gasteiger partial charge in [0, 0.05) is 17.8 Å². The molecule has 208 valence electrons. The van der Waals surface area contributed by atoms with Gasteiger partial charge in [0.25, 0.3) is 17.5 Å². The molecule has 1 atom stereocenters. The van der Waals surface area contributed by atoms with Gasteiger partial charge in [-0.3, -0.25) is 29.1 Å². The second kappa shape index (κ2) is 12.5. The summed E-state index contributed by atoms with van der Waals surface area (Å²) >= 11 is 5.59. The minimum atomic E-state index is -0.890. The van der Waals surface area contributed by atoms with E-state index in [4.69, 9.17) is 21.5 Å². The van der Waals surface area contributed by atoms with Crippen LogP contribution < -0.4 is 15.3 Å². The van der Waals surface area contributed by atoms with Gasteiger partial charge in [-0.15, -0.1) is 0 Å². The molecular formula is C27H29N6O6S+. The quantitative estimate of drug-likeness (QED) is 0.215. The number of ether oxygens (including phenoxy) is 1. The van der Waals surface area contributed by atoms with E-state index >= 15 is 0 Å². The van der Waals surface area contributed by atoms with Crippen molar-refractivity contribution in [1.82, 2.24) is 15.1 Å². The van der Waals surface area contributed by atoms with Crippen LogP contribution in [0.2, 0.25) is 0 Å². The Labute approximate surface area is 235 Å². The number of hydrogen-bond acceptors (Lipinski definition) is 8. The lowest BCUT2D eigenvalue weighted by Gasteiger charge is -2.21. The molecule has 1 unspecified atom stereocenters. The minimum Gasteiger partial charge on any atom is -0.462 e. The maximum absolute atomic E-state index is 13.2. The average Bonchev–Trinajstić information content (AvgIpc) is 3.40. The molecule has 4 rings (SSSR count). The maximum atomic E-state index is 13.2. The number of esters is 1. The number of carbonyl (C=O) groups excluding carboxylic acids is 4. The lowest BCUT2D eigenvalue weighted by molar-refractivity contribution is -0.746. The third-order valence-electron chi connectivity index (χ3n) is 6.27. The molecule has 3 amide bonds. The molecule has 1 saturated heterocycles. The summed E-state index contributed by atoms with van der Waals surface area (Å²) in [5.41, 5.74) is 1.71. The fraction of sp³-hybridized carbons (Fsp3) is 0.296. The summed E-state index contributed by atoms with van der Waals surface area (Å²) in [6.07, 6.45) is -0.185. The molecule has 12 nitrogen and oxygen atoms in total. The molecule has 1 aliphatic rings. The van der Waals surface area contributed by atoms with Gasteiger partial charge in [-0.25, -0.2) is 4.79 Å². The van der Waals surface area contributed by atoms with Gasteiger partial charge in [-0.05, 0) is 67.1 Å². The normalized spacial score (nSPS) is 14.8. The summed E-state index contributed by atoms with van der Waals surface area (Å²) in [5, 5.41) is 9.63. The molecule has 13 heteroatoms. The molecule has 2 aromatic carbocycles. The van der Waals surface area contributed by atoms with E-state index in [0.29, 0.717) is 29.1 Å². The van der Waals surface area contributed by atoms with Gasteiger partial charge in [-0.2, -0.15) is 0 Å². The molecule has 0 bridgehead atoms. The number of rotatable bonds is 10. The molecule has 0 saturated carbocycles. The van der Waals surface area contributed by atoms with Crippen LogP contribution >= 0.6 is 12.2 Å². The first-order valence-electron chi connectivity index (χ1n) is 12.6. The highest BCUT2D eigenvalue weighted by Gasteiger charge is 2.44. The summed E-state index contributed by atoms with van der Waals surface area (Å²) in [7, 11) is 1.64. The number of carbonyl (C=O) groups is 4. The Balaban J connectivity index is 1.50. The van der Waals surface area contributed by atoms with E-state index in [1.54, 1.807) is 80.4 Å². The van der Waals surface area contributed by atoms with E-state index in [-0.39, 0.29) is 36.5 Å². The maximum Gasteiger partial charge on any atom is 0.338 e. The molecular weight excluding hydrogens is 536 g/mol. The van der Waals surface area contributed by atoms with Gasteiger partial charge in [0.2, 0.25) is 11.2 Å². The number of benzene rings is 2. The molecule has 0 spiro atoms. The third kappa shape index (κ3) is 6.15. The number of aromatic nitrogens is 2. The van der Waals surface area contributed by atoms with Gasteiger partial charge < -0.3 is 15.0 Å². The van der Waals surface area contributed by atoms with Crippen LogP contribution in [0.3, 0.4) is 0 Å². The van der Waals surface area contributed by atoms with E-state index in [0.717, 1.165) is 0 Å². The molecule has 0 aliphatic carbocycles. The van der Waals surface area contributed by atoms with Crippen molar-refractivity contribution in [3.05, 3.63) is 71.4 Å². The van der Waals surface area contributed by atoms with Crippen molar-refractivity contribution in [3.63, 3.8) is 0 Å². The van der Waals surface area contributed by atoms with Crippen molar-refractivity contribution >= 4 is 52.6 Å². The van der Waals surface area contributed by atoms with Crippen LogP contribution in [-0.2, 0) is 27.9 Å². The molecule has 1 fully saturated rings. The van der Waals surface area contributed by atoms with Crippen LogP contribution in [0.25, 0.3) is 0 Å². The Kier molecular flexibility index (Phi) is 8.84. The van der Waals surface area contributed by atoms with Crippen LogP contribution in [0, 0.1) is 0 Å². The van der Waals surface area contributed by atoms with Crippen molar-refractivity contribution in [3.8, 4) is 0 Å². The highest BCUT2D eigenvalue weighted by molar-refractivity contribution is 7.80. The van der Waals surface area contributed by atoms with E-state index in [2.05, 4.69) is 15.9 Å². The third-order valence-corrected chi connectivity index (χ3v) is 6.72. The van der Waals surface area contributed by atoms with Crippen molar-refractivity contribution in [1.29, 1.82) is 0 Å². The second-order valence-corrected chi connectivity index (χ2v) is 9.22. The number of nitrogens with zero attached hydrogens (tertiary/aromatic N) is 4. The average molecular weight is 566 g/mol. The Hall–Kier alpha value is -4.65. The molecule has 40 heavy (non-hydrogen) atoms. The van der Waals surface area contributed by atoms with Crippen molar-refractivity contribution in [2.75, 3.05) is 23.8 Å². The zero-order valence-electron chi connectivity index (χ0n) is 22.2. The van der Waals surface area contributed by atoms with Crippen LogP contribution in [0.4, 0.5) is 11.6 Å². The number of hydrogen-bond donors (Lipinski definition) is 2. The molecule has 2 heterocycles. The number of aryl methyl sites for hydroxylation is 1. The second-order valence-electron chi connectivity index (χ2n) is 8.85. The fourth-order valence-electron chi connectivity index (χ4n) is 4.20. The number of nitrogens with one attached hydrogen (secondary N) is 2. The molecule has 0 radical (unpaired) electrons. The monoisotopic (exact) mass is 565 g/mol. The standard InChI is InChI=1S/C27H28N6O6S/c1-4-32-25(36)20(15-22(34)28-19-13-11-18(12-14-19)26(37)38-5-2)33(27(32)40)16-21-24(39-30-31(21)3)29-23(35)17-9-7-6-8-10-17/h6-14,20H,4-5,15-16H2,1-3H3,(H-,28,29,30,34,35,37)/p+1. The Morgan fingerprint density at radius 3 is 2.40 bits per heavy atom. The first-order valence-corrected chi connectivity index (χ1v) is 13.0. The van der Waals surface area contributed by atoms with Gasteiger partial charge >= 0.3 is 11.9 Å². The zero-order chi connectivity index (χ0) is 28.8. The number of amides is 3. The van der Waals surface area contributed by atoms with Crippen LogP contribution in [-0.4, -0.2) is 63.1 Å². The smallest absolute Gasteiger partial charge is 0.338 e. The number of anilines is 2. The lowest BCUT2D eigenvalue weighted by atomic mass is 10.1. The van der Waals surface area contributed by atoms with E-state index in [1.807, 2.05) is 0 Å². The van der Waals surface area contributed by atoms with Gasteiger partial charge in [0.05, 0.1) is 18.6 Å². The van der Waals surface area contributed by atoms with Crippen molar-refractivity contribution in [2.45, 2.75) is 32.9 Å². The Morgan fingerprint density at radius 2 is 1.75 bits per heavy atom. The SMILES string of the molecule is CCOC(=O)c1ccc(NC(=O)CC2C(=O)N(CC)C(=S)N2Cc2c(NC(=O)c3ccccc3)on[n+]2C)cc1. The van der Waals surface area contributed by atoms with Crippen LogP contribution in [0.5, 0.6) is 0 Å². The summed E-state index contributed by atoms with van der Waals surface area (Å²) in [6.45, 7) is 4.15. The van der Waals surface area contributed by atoms with Gasteiger partial charge in [-0.1, -0.05) is 18.2 Å². The first-order chi connectivity index (χ1) is 19.2. The first kappa shape index (κ1) is 28.4. The summed E-state index contributed by atoms with van der Waals surface area (Å²) in [5.74, 6) is -1.47. The van der Waals surface area contributed by atoms with Crippen LogP contribution in [0.15, 0.2) is 59.1 Å². The van der Waals surface area contributed by atoms with Crippen molar-refractivity contribution < 1.29 is 33.1 Å². The highest BCUT2D eigenvalue weighted by atomic mass is 32.1. The van der Waals surface area contributed by atoms with E-state index < -0.39 is 23.8 Å². The van der Waals surface area contributed by atoms with Gasteiger partial charge in [0.1, 0.15) is 12.6 Å². The van der Waals surface area contributed by atoms with E-state index in [1.165, 1.54) is 9.58 Å². The molecule has 1 aromatic heterocycles. The summed E-state index contributed by atoms with van der Waals surface area (Å²) in [4.78, 5) is 53.9. The van der Waals surface area contributed by atoms with Crippen LogP contribution in [0.1, 0.15) is 46.7 Å². The molecule has 2 N–H and O–H groups in total. The number of thiocarbonyl (C=S) groups is 1. The Morgan fingerprint density at radius 1 is 1.05 bits per heavy atom. The fourth-order valence-corrected chi connectivity index (χ4v) is 4.61.